The first-order valence-corrected chi connectivity index (χ1v) is 7.69. The second-order valence-corrected chi connectivity index (χ2v) is 5.61. The fourth-order valence-electron chi connectivity index (χ4n) is 3.22. The summed E-state index contributed by atoms with van der Waals surface area (Å²) in [6.07, 6.45) is 8.19. The zero-order chi connectivity index (χ0) is 13.5. The van der Waals surface area contributed by atoms with E-state index in [-0.39, 0.29) is 0 Å². The van der Waals surface area contributed by atoms with E-state index in [1.165, 1.54) is 37.7 Å². The van der Waals surface area contributed by atoms with E-state index in [9.17, 15) is 0 Å². The molecule has 1 N–H and O–H groups in total. The molecule has 1 aromatic carbocycles. The van der Waals surface area contributed by atoms with Gasteiger partial charge in [-0.3, -0.25) is 0 Å². The van der Waals surface area contributed by atoms with Gasteiger partial charge in [0.25, 0.3) is 0 Å². The molecule has 0 bridgehead atoms. The molecule has 0 amide bonds. The molecule has 1 aliphatic carbocycles. The van der Waals surface area contributed by atoms with Gasteiger partial charge in [0.1, 0.15) is 5.75 Å². The fourth-order valence-corrected chi connectivity index (χ4v) is 3.22. The molecule has 2 nitrogen and oxygen atoms in total. The molecule has 106 valence electrons. The van der Waals surface area contributed by atoms with Crippen LogP contribution in [0.3, 0.4) is 0 Å². The van der Waals surface area contributed by atoms with Crippen LogP contribution in [0.2, 0.25) is 0 Å². The number of hydrogen-bond acceptors (Lipinski definition) is 2. The van der Waals surface area contributed by atoms with Gasteiger partial charge in [-0.2, -0.15) is 0 Å². The molecule has 1 aliphatic rings. The Hall–Kier alpha value is -1.02. The molecule has 1 aromatic rings. The topological polar surface area (TPSA) is 21.3 Å². The average molecular weight is 261 g/mol. The Kier molecular flexibility index (Phi) is 5.71. The van der Waals surface area contributed by atoms with Crippen molar-refractivity contribution in [3.8, 4) is 5.75 Å². The number of rotatable bonds is 6. The van der Waals surface area contributed by atoms with Crippen LogP contribution in [0.5, 0.6) is 5.75 Å². The first-order valence-electron chi connectivity index (χ1n) is 7.69. The summed E-state index contributed by atoms with van der Waals surface area (Å²) >= 11 is 0. The van der Waals surface area contributed by atoms with Crippen molar-refractivity contribution >= 4 is 0 Å². The molecular weight excluding hydrogens is 234 g/mol. The van der Waals surface area contributed by atoms with E-state index in [0.29, 0.717) is 6.04 Å². The van der Waals surface area contributed by atoms with Crippen molar-refractivity contribution in [3.05, 3.63) is 29.8 Å². The van der Waals surface area contributed by atoms with Crippen LogP contribution in [-0.2, 0) is 6.42 Å². The fraction of sp³-hybridized carbons (Fsp3) is 0.647. The third-order valence-electron chi connectivity index (χ3n) is 4.30. The van der Waals surface area contributed by atoms with E-state index in [4.69, 9.17) is 4.74 Å². The molecule has 2 rings (SSSR count). The van der Waals surface area contributed by atoms with Gasteiger partial charge in [-0.15, -0.1) is 0 Å². The van der Waals surface area contributed by atoms with Gasteiger partial charge < -0.3 is 10.1 Å². The second-order valence-electron chi connectivity index (χ2n) is 5.61. The minimum Gasteiger partial charge on any atom is -0.497 e. The van der Waals surface area contributed by atoms with Gasteiger partial charge >= 0.3 is 0 Å². The first kappa shape index (κ1) is 14.4. The lowest BCUT2D eigenvalue weighted by atomic mass is 9.81. The first-order chi connectivity index (χ1) is 9.33. The second kappa shape index (κ2) is 7.54. The lowest BCUT2D eigenvalue weighted by Gasteiger charge is -2.31. The highest BCUT2D eigenvalue weighted by molar-refractivity contribution is 5.27. The van der Waals surface area contributed by atoms with Crippen LogP contribution in [0.4, 0.5) is 0 Å². The van der Waals surface area contributed by atoms with Crippen molar-refractivity contribution in [2.45, 2.75) is 51.5 Å². The summed E-state index contributed by atoms with van der Waals surface area (Å²) in [5.74, 6) is 1.80. The zero-order valence-corrected chi connectivity index (χ0v) is 12.3. The number of ether oxygens (including phenoxy) is 1. The molecule has 0 spiro atoms. The summed E-state index contributed by atoms with van der Waals surface area (Å²) in [5, 5.41) is 3.70. The highest BCUT2D eigenvalue weighted by Crippen LogP contribution is 2.28. The Labute approximate surface area is 117 Å². The molecule has 0 aromatic heterocycles. The van der Waals surface area contributed by atoms with Gasteiger partial charge in [-0.05, 0) is 49.4 Å². The highest BCUT2D eigenvalue weighted by Gasteiger charge is 2.22. The molecule has 0 aliphatic heterocycles. The Morgan fingerprint density at radius 2 is 1.84 bits per heavy atom. The van der Waals surface area contributed by atoms with E-state index in [1.807, 2.05) is 0 Å². The molecule has 1 fully saturated rings. The quantitative estimate of drug-likeness (QED) is 0.841. The van der Waals surface area contributed by atoms with Gasteiger partial charge in [-0.1, -0.05) is 38.3 Å². The molecule has 19 heavy (non-hydrogen) atoms. The van der Waals surface area contributed by atoms with E-state index in [2.05, 4.69) is 36.5 Å². The van der Waals surface area contributed by atoms with Crippen molar-refractivity contribution in [1.29, 1.82) is 0 Å². The third kappa shape index (κ3) is 4.24. The third-order valence-corrected chi connectivity index (χ3v) is 4.30. The molecule has 1 saturated carbocycles. The smallest absolute Gasteiger partial charge is 0.118 e. The van der Waals surface area contributed by atoms with Gasteiger partial charge in [0.15, 0.2) is 0 Å². The lowest BCUT2D eigenvalue weighted by molar-refractivity contribution is 0.269. The molecule has 1 unspecified atom stereocenters. The van der Waals surface area contributed by atoms with Crippen LogP contribution in [0.25, 0.3) is 0 Å². The van der Waals surface area contributed by atoms with Gasteiger partial charge in [0, 0.05) is 6.04 Å². The standard InChI is InChI=1S/C17H27NO/c1-3-18-17(15-7-5-4-6-8-15)13-14-9-11-16(19-2)12-10-14/h9-12,15,17-18H,3-8,13H2,1-2H3. The monoisotopic (exact) mass is 261 g/mol. The Morgan fingerprint density at radius 1 is 1.16 bits per heavy atom. The number of benzene rings is 1. The zero-order valence-electron chi connectivity index (χ0n) is 12.3. The van der Waals surface area contributed by atoms with Gasteiger partial charge in [-0.25, -0.2) is 0 Å². The SMILES string of the molecule is CCNC(Cc1ccc(OC)cc1)C1CCCCC1. The maximum Gasteiger partial charge on any atom is 0.118 e. The molecule has 0 heterocycles. The van der Waals surface area contributed by atoms with Crippen LogP contribution in [-0.4, -0.2) is 19.7 Å². The molecule has 2 heteroatoms. The predicted octanol–water partition coefficient (Wildman–Crippen LogP) is 3.80. The summed E-state index contributed by atoms with van der Waals surface area (Å²) < 4.78 is 5.22. The predicted molar refractivity (Wildman–Crippen MR) is 80.7 cm³/mol. The Morgan fingerprint density at radius 3 is 2.42 bits per heavy atom. The summed E-state index contributed by atoms with van der Waals surface area (Å²) in [6.45, 7) is 3.28. The van der Waals surface area contributed by atoms with E-state index >= 15 is 0 Å². The van der Waals surface area contributed by atoms with Crippen molar-refractivity contribution in [1.82, 2.24) is 5.32 Å². The molecule has 1 atom stereocenters. The minimum atomic E-state index is 0.638. The van der Waals surface area contributed by atoms with E-state index in [0.717, 1.165) is 24.6 Å². The van der Waals surface area contributed by atoms with E-state index < -0.39 is 0 Å². The largest absolute Gasteiger partial charge is 0.497 e. The van der Waals surface area contributed by atoms with Crippen LogP contribution in [0.1, 0.15) is 44.6 Å². The van der Waals surface area contributed by atoms with Gasteiger partial charge in [0.05, 0.1) is 7.11 Å². The number of nitrogens with one attached hydrogen (secondary N) is 1. The van der Waals surface area contributed by atoms with Crippen molar-refractivity contribution in [2.24, 2.45) is 5.92 Å². The Balaban J connectivity index is 1.97. The maximum absolute atomic E-state index is 5.22. The van der Waals surface area contributed by atoms with Crippen LogP contribution >= 0.6 is 0 Å². The number of methoxy groups -OCH3 is 1. The number of likely N-dealkylation sites (N-methyl/N-ethyl adjacent to an activating group) is 1. The summed E-state index contributed by atoms with van der Waals surface area (Å²) in [4.78, 5) is 0. The van der Waals surface area contributed by atoms with Crippen LogP contribution in [0.15, 0.2) is 24.3 Å². The lowest BCUT2D eigenvalue weighted by Crippen LogP contribution is -2.38. The minimum absolute atomic E-state index is 0.638. The molecule has 0 radical (unpaired) electrons. The van der Waals surface area contributed by atoms with Crippen molar-refractivity contribution < 1.29 is 4.74 Å². The van der Waals surface area contributed by atoms with E-state index in [1.54, 1.807) is 7.11 Å². The number of hydrogen-bond donors (Lipinski definition) is 1. The summed E-state index contributed by atoms with van der Waals surface area (Å²) in [7, 11) is 1.72. The van der Waals surface area contributed by atoms with Crippen LogP contribution < -0.4 is 10.1 Å². The molecule has 0 saturated heterocycles. The van der Waals surface area contributed by atoms with Crippen LogP contribution in [0, 0.1) is 5.92 Å². The Bertz CT molecular complexity index is 354. The highest BCUT2D eigenvalue weighted by atomic mass is 16.5. The summed E-state index contributed by atoms with van der Waals surface area (Å²) in [6, 6.07) is 9.18. The average Bonchev–Trinajstić information content (AvgIpc) is 2.48. The van der Waals surface area contributed by atoms with Gasteiger partial charge in [0.2, 0.25) is 0 Å². The van der Waals surface area contributed by atoms with Crippen molar-refractivity contribution in [3.63, 3.8) is 0 Å². The normalized spacial score (nSPS) is 18.2. The van der Waals surface area contributed by atoms with Crippen molar-refractivity contribution in [2.75, 3.05) is 13.7 Å². The maximum atomic E-state index is 5.22. The summed E-state index contributed by atoms with van der Waals surface area (Å²) in [5.41, 5.74) is 1.41. The molecular formula is C17H27NO.